The normalized spacial score (nSPS) is 12.4. The lowest BCUT2D eigenvalue weighted by Gasteiger charge is -2.12. The number of nitrogens with zero attached hydrogens (tertiary/aromatic N) is 2. The molecule has 0 radical (unpaired) electrons. The number of aromatic nitrogens is 2. The summed E-state index contributed by atoms with van der Waals surface area (Å²) in [5, 5.41) is 7.47. The van der Waals surface area contributed by atoms with E-state index in [2.05, 4.69) is 10.2 Å². The maximum Gasteiger partial charge on any atom is 0.253 e. The van der Waals surface area contributed by atoms with Gasteiger partial charge in [0.1, 0.15) is 11.6 Å². The second-order valence-corrected chi connectivity index (χ2v) is 3.97. The van der Waals surface area contributed by atoms with Gasteiger partial charge in [-0.25, -0.2) is 4.39 Å². The molecular weight excluding hydrogens is 237 g/mol. The van der Waals surface area contributed by atoms with Crippen LogP contribution in [0.5, 0.6) is 5.75 Å². The number of nitrogens with two attached hydrogens (primary N) is 1. The molecule has 1 heterocycles. The van der Waals surface area contributed by atoms with Crippen molar-refractivity contribution in [3.05, 3.63) is 41.4 Å². The largest absolute Gasteiger partial charge is 0.483 e. The van der Waals surface area contributed by atoms with Crippen LogP contribution in [0.25, 0.3) is 0 Å². The third-order valence-corrected chi connectivity index (χ3v) is 2.39. The van der Waals surface area contributed by atoms with Gasteiger partial charge in [-0.15, -0.1) is 10.2 Å². The maximum absolute atomic E-state index is 13.2. The summed E-state index contributed by atoms with van der Waals surface area (Å²) in [4.78, 5) is 0. The number of aryl methyl sites for hydroxylation is 1. The Balaban J connectivity index is 2.15. The number of halogens is 1. The minimum absolute atomic E-state index is 0.0873. The molecule has 1 atom stereocenters. The molecule has 96 valence electrons. The van der Waals surface area contributed by atoms with E-state index in [4.69, 9.17) is 14.9 Å². The van der Waals surface area contributed by atoms with Crippen LogP contribution in [-0.2, 0) is 6.61 Å². The minimum Gasteiger partial charge on any atom is -0.483 e. The van der Waals surface area contributed by atoms with Crippen molar-refractivity contribution in [3.8, 4) is 5.75 Å². The van der Waals surface area contributed by atoms with Crippen LogP contribution >= 0.6 is 0 Å². The molecule has 5 nitrogen and oxygen atoms in total. The second-order valence-electron chi connectivity index (χ2n) is 3.97. The highest BCUT2D eigenvalue weighted by Crippen LogP contribution is 2.25. The van der Waals surface area contributed by atoms with Crippen LogP contribution in [0.15, 0.2) is 22.6 Å². The summed E-state index contributed by atoms with van der Waals surface area (Å²) in [6.07, 6.45) is 0. The molecule has 1 unspecified atom stereocenters. The van der Waals surface area contributed by atoms with Crippen LogP contribution in [0.2, 0.25) is 0 Å². The lowest BCUT2D eigenvalue weighted by molar-refractivity contribution is 0.256. The third kappa shape index (κ3) is 2.84. The first-order valence-electron chi connectivity index (χ1n) is 5.53. The highest BCUT2D eigenvalue weighted by Gasteiger charge is 2.11. The van der Waals surface area contributed by atoms with Crippen molar-refractivity contribution < 1.29 is 13.5 Å². The van der Waals surface area contributed by atoms with Gasteiger partial charge in [-0.05, 0) is 13.0 Å². The van der Waals surface area contributed by atoms with Gasteiger partial charge in [-0.2, -0.15) is 0 Å². The first-order valence-corrected chi connectivity index (χ1v) is 5.53. The average molecular weight is 251 g/mol. The van der Waals surface area contributed by atoms with Crippen molar-refractivity contribution in [1.29, 1.82) is 0 Å². The Labute approximate surface area is 104 Å². The van der Waals surface area contributed by atoms with E-state index in [-0.39, 0.29) is 18.5 Å². The third-order valence-electron chi connectivity index (χ3n) is 2.39. The van der Waals surface area contributed by atoms with Crippen LogP contribution in [0.3, 0.4) is 0 Å². The molecule has 0 bridgehead atoms. The highest BCUT2D eigenvalue weighted by atomic mass is 19.1. The molecule has 0 fully saturated rings. The Morgan fingerprint density at radius 1 is 1.44 bits per heavy atom. The smallest absolute Gasteiger partial charge is 0.253 e. The summed E-state index contributed by atoms with van der Waals surface area (Å²) in [6, 6.07) is 4.00. The Morgan fingerprint density at radius 3 is 2.83 bits per heavy atom. The first kappa shape index (κ1) is 12.5. The molecule has 0 saturated carbocycles. The van der Waals surface area contributed by atoms with E-state index in [1.54, 1.807) is 19.9 Å². The minimum atomic E-state index is -0.379. The van der Waals surface area contributed by atoms with Gasteiger partial charge in [0.05, 0.1) is 0 Å². The summed E-state index contributed by atoms with van der Waals surface area (Å²) in [5.41, 5.74) is 6.51. The van der Waals surface area contributed by atoms with Gasteiger partial charge in [-0.1, -0.05) is 6.07 Å². The van der Waals surface area contributed by atoms with Gasteiger partial charge in [-0.3, -0.25) is 0 Å². The lowest BCUT2D eigenvalue weighted by atomic mass is 10.1. The molecule has 2 rings (SSSR count). The van der Waals surface area contributed by atoms with Gasteiger partial charge in [0, 0.05) is 24.6 Å². The molecule has 0 saturated heterocycles. The van der Waals surface area contributed by atoms with Crippen molar-refractivity contribution in [2.24, 2.45) is 5.73 Å². The molecule has 0 aliphatic carbocycles. The maximum atomic E-state index is 13.2. The van der Waals surface area contributed by atoms with E-state index >= 15 is 0 Å². The first-order chi connectivity index (χ1) is 8.56. The molecule has 6 heteroatoms. The molecule has 1 aromatic heterocycles. The zero-order valence-electron chi connectivity index (χ0n) is 10.2. The number of ether oxygens (including phenoxy) is 1. The van der Waals surface area contributed by atoms with Crippen molar-refractivity contribution in [1.82, 2.24) is 10.2 Å². The monoisotopic (exact) mass is 251 g/mol. The molecule has 0 aliphatic heterocycles. The zero-order chi connectivity index (χ0) is 13.1. The van der Waals surface area contributed by atoms with Gasteiger partial charge >= 0.3 is 0 Å². The fourth-order valence-corrected chi connectivity index (χ4v) is 1.54. The number of benzene rings is 1. The van der Waals surface area contributed by atoms with E-state index in [0.717, 1.165) is 5.56 Å². The molecule has 0 aliphatic rings. The molecule has 0 amide bonds. The number of hydrogen-bond acceptors (Lipinski definition) is 5. The fraction of sp³-hybridized carbons (Fsp3) is 0.333. The SMILES string of the molecule is Cc1nnc(COc2cc(F)ccc2C(C)N)o1. The van der Waals surface area contributed by atoms with E-state index in [9.17, 15) is 4.39 Å². The van der Waals surface area contributed by atoms with Crippen LogP contribution in [0.1, 0.15) is 30.3 Å². The molecular formula is C12H14FN3O2. The van der Waals surface area contributed by atoms with Gasteiger partial charge in [0.15, 0.2) is 6.61 Å². The Hall–Kier alpha value is -1.95. The average Bonchev–Trinajstić information content (AvgIpc) is 2.72. The van der Waals surface area contributed by atoms with Gasteiger partial charge in [0.25, 0.3) is 5.89 Å². The van der Waals surface area contributed by atoms with Crippen LogP contribution in [0, 0.1) is 12.7 Å². The van der Waals surface area contributed by atoms with E-state index < -0.39 is 0 Å². The Bertz CT molecular complexity index is 540. The molecule has 2 aromatic rings. The Morgan fingerprint density at radius 2 is 2.22 bits per heavy atom. The lowest BCUT2D eigenvalue weighted by Crippen LogP contribution is -2.08. The second kappa shape index (κ2) is 5.14. The van der Waals surface area contributed by atoms with Crippen molar-refractivity contribution in [3.63, 3.8) is 0 Å². The van der Waals surface area contributed by atoms with Crippen molar-refractivity contribution in [2.75, 3.05) is 0 Å². The van der Waals surface area contributed by atoms with Crippen molar-refractivity contribution >= 4 is 0 Å². The van der Waals surface area contributed by atoms with Crippen LogP contribution < -0.4 is 10.5 Å². The summed E-state index contributed by atoms with van der Waals surface area (Å²) < 4.78 is 23.8. The van der Waals surface area contributed by atoms with E-state index in [1.807, 2.05) is 0 Å². The van der Waals surface area contributed by atoms with Gasteiger partial charge < -0.3 is 14.9 Å². The van der Waals surface area contributed by atoms with Crippen LogP contribution in [0.4, 0.5) is 4.39 Å². The predicted molar refractivity (Wildman–Crippen MR) is 62.4 cm³/mol. The fourth-order valence-electron chi connectivity index (χ4n) is 1.54. The standard InChI is InChI=1S/C12H14FN3O2/c1-7(14)10-4-3-9(13)5-11(10)17-6-12-16-15-8(2)18-12/h3-5,7H,6,14H2,1-2H3. The van der Waals surface area contributed by atoms with Gasteiger partial charge in [0.2, 0.25) is 5.89 Å². The molecule has 18 heavy (non-hydrogen) atoms. The molecule has 0 spiro atoms. The summed E-state index contributed by atoms with van der Waals surface area (Å²) >= 11 is 0. The summed E-state index contributed by atoms with van der Waals surface area (Å²) in [5.74, 6) is 0.810. The topological polar surface area (TPSA) is 74.2 Å². The number of rotatable bonds is 4. The summed E-state index contributed by atoms with van der Waals surface area (Å²) in [6.45, 7) is 3.58. The van der Waals surface area contributed by atoms with E-state index in [1.165, 1.54) is 12.1 Å². The van der Waals surface area contributed by atoms with Crippen LogP contribution in [-0.4, -0.2) is 10.2 Å². The zero-order valence-corrected chi connectivity index (χ0v) is 10.2. The van der Waals surface area contributed by atoms with Crippen molar-refractivity contribution in [2.45, 2.75) is 26.5 Å². The molecule has 1 aromatic carbocycles. The summed E-state index contributed by atoms with van der Waals surface area (Å²) in [7, 11) is 0. The van der Waals surface area contributed by atoms with E-state index in [0.29, 0.717) is 17.5 Å². The Kier molecular flexibility index (Phi) is 3.57. The quantitative estimate of drug-likeness (QED) is 0.900. The number of hydrogen-bond donors (Lipinski definition) is 1. The predicted octanol–water partition coefficient (Wildman–Crippen LogP) is 2.12. The highest BCUT2D eigenvalue weighted by molar-refractivity contribution is 5.36. The molecule has 2 N–H and O–H groups in total.